The molecule has 2 aliphatic rings. The molecule has 34 heavy (non-hydrogen) atoms. The largest absolute Gasteiger partial charge is 0.490 e. The van der Waals surface area contributed by atoms with E-state index in [-0.39, 0.29) is 19.2 Å². The molecule has 0 spiro atoms. The van der Waals surface area contributed by atoms with Crippen LogP contribution in [0.2, 0.25) is 0 Å². The van der Waals surface area contributed by atoms with E-state index in [1.165, 1.54) is 11.0 Å². The van der Waals surface area contributed by atoms with Gasteiger partial charge in [-0.25, -0.2) is 14.0 Å². The number of hydrogen-bond acceptors (Lipinski definition) is 7. The third kappa shape index (κ3) is 5.67. The second-order valence-electron chi connectivity index (χ2n) is 9.20. The summed E-state index contributed by atoms with van der Waals surface area (Å²) < 4.78 is 31.4. The molecule has 2 fully saturated rings. The Bertz CT molecular complexity index is 1020. The lowest BCUT2D eigenvalue weighted by molar-refractivity contribution is 0.0240. The fraction of sp³-hybridized carbons (Fsp3) is 0.458. The predicted octanol–water partition coefficient (Wildman–Crippen LogP) is 3.68. The normalized spacial score (nSPS) is 18.6. The van der Waals surface area contributed by atoms with E-state index >= 15 is 4.39 Å². The van der Waals surface area contributed by atoms with Crippen LogP contribution in [-0.2, 0) is 9.47 Å². The van der Waals surface area contributed by atoms with E-state index in [9.17, 15) is 9.59 Å². The summed E-state index contributed by atoms with van der Waals surface area (Å²) >= 11 is 0. The fourth-order valence-corrected chi connectivity index (χ4v) is 3.82. The van der Waals surface area contributed by atoms with Crippen molar-refractivity contribution < 1.29 is 28.2 Å². The number of carbonyl (C=O) groups excluding carboxylic acids is 2. The van der Waals surface area contributed by atoms with Crippen molar-refractivity contribution in [1.29, 1.82) is 0 Å². The van der Waals surface area contributed by atoms with Crippen LogP contribution in [0, 0.1) is 5.82 Å². The second-order valence-corrected chi connectivity index (χ2v) is 9.20. The van der Waals surface area contributed by atoms with Gasteiger partial charge in [-0.15, -0.1) is 0 Å². The summed E-state index contributed by atoms with van der Waals surface area (Å²) in [6, 6.07) is 8.13. The Morgan fingerprint density at radius 1 is 1.15 bits per heavy atom. The second kappa shape index (κ2) is 9.74. The van der Waals surface area contributed by atoms with E-state index in [1.807, 2.05) is 25.7 Å². The molecule has 10 heteroatoms. The molecule has 2 aliphatic heterocycles. The van der Waals surface area contributed by atoms with Gasteiger partial charge >= 0.3 is 12.2 Å². The van der Waals surface area contributed by atoms with E-state index < -0.39 is 23.6 Å². The van der Waals surface area contributed by atoms with Crippen LogP contribution in [0.15, 0.2) is 42.7 Å². The van der Waals surface area contributed by atoms with Crippen molar-refractivity contribution in [3.05, 3.63) is 48.5 Å². The maximum Gasteiger partial charge on any atom is 0.414 e. The van der Waals surface area contributed by atoms with Gasteiger partial charge in [0.1, 0.15) is 23.8 Å². The van der Waals surface area contributed by atoms with Crippen molar-refractivity contribution >= 4 is 23.6 Å². The maximum atomic E-state index is 15.0. The lowest BCUT2D eigenvalue weighted by Crippen LogP contribution is -2.50. The number of rotatable bonds is 5. The summed E-state index contributed by atoms with van der Waals surface area (Å²) in [5, 5.41) is 0. The average Bonchev–Trinajstić information content (AvgIpc) is 3.18. The summed E-state index contributed by atoms with van der Waals surface area (Å²) in [5.41, 5.74) is 0.291. The van der Waals surface area contributed by atoms with Gasteiger partial charge in [0, 0.05) is 38.6 Å². The minimum atomic E-state index is -0.558. The molecule has 1 aromatic carbocycles. The number of aromatic nitrogens is 1. The molecule has 2 amide bonds. The first-order valence-electron chi connectivity index (χ1n) is 11.2. The zero-order chi connectivity index (χ0) is 24.3. The standard InChI is InChI=1S/C24H29FN4O5/c1-24(2,3)34-22(30)28-12-10-27(11-13-28)21-5-4-17(14-20(21)25)29-15-19(33-23(29)31)16-32-18-6-8-26-9-7-18/h4-9,14,19H,10-13,15-16H2,1-3H3. The number of benzene rings is 1. The zero-order valence-electron chi connectivity index (χ0n) is 19.6. The molecule has 0 saturated carbocycles. The first kappa shape index (κ1) is 23.6. The average molecular weight is 473 g/mol. The molecule has 1 atom stereocenters. The van der Waals surface area contributed by atoms with Crippen LogP contribution in [0.3, 0.4) is 0 Å². The number of nitrogens with zero attached hydrogens (tertiary/aromatic N) is 4. The Morgan fingerprint density at radius 3 is 2.50 bits per heavy atom. The number of anilines is 2. The maximum absolute atomic E-state index is 15.0. The Hall–Kier alpha value is -3.56. The monoisotopic (exact) mass is 472 g/mol. The summed E-state index contributed by atoms with van der Waals surface area (Å²) in [6.07, 6.45) is 1.86. The molecule has 0 N–H and O–H groups in total. The molecule has 1 aromatic heterocycles. The number of pyridine rings is 1. The van der Waals surface area contributed by atoms with Gasteiger partial charge in [-0.1, -0.05) is 0 Å². The minimum Gasteiger partial charge on any atom is -0.490 e. The number of hydrogen-bond donors (Lipinski definition) is 0. The lowest BCUT2D eigenvalue weighted by atomic mass is 10.2. The van der Waals surface area contributed by atoms with Gasteiger partial charge < -0.3 is 24.0 Å². The summed E-state index contributed by atoms with van der Waals surface area (Å²) in [5.74, 6) is 0.194. The smallest absolute Gasteiger partial charge is 0.414 e. The topological polar surface area (TPSA) is 84.4 Å². The number of carbonyl (C=O) groups is 2. The summed E-state index contributed by atoms with van der Waals surface area (Å²) in [7, 11) is 0. The number of cyclic esters (lactones) is 1. The molecule has 182 valence electrons. The third-order valence-electron chi connectivity index (χ3n) is 5.47. The minimum absolute atomic E-state index is 0.189. The fourth-order valence-electron chi connectivity index (χ4n) is 3.82. The highest BCUT2D eigenvalue weighted by atomic mass is 19.1. The molecule has 2 saturated heterocycles. The summed E-state index contributed by atoms with van der Waals surface area (Å²) in [6.45, 7) is 7.76. The third-order valence-corrected chi connectivity index (χ3v) is 5.47. The number of piperazine rings is 1. The van der Waals surface area contributed by atoms with Gasteiger partial charge in [-0.3, -0.25) is 9.88 Å². The molecule has 0 aliphatic carbocycles. The predicted molar refractivity (Wildman–Crippen MR) is 124 cm³/mol. The van der Waals surface area contributed by atoms with E-state index in [1.54, 1.807) is 41.6 Å². The first-order valence-corrected chi connectivity index (χ1v) is 11.2. The van der Waals surface area contributed by atoms with Crippen LogP contribution in [0.25, 0.3) is 0 Å². The lowest BCUT2D eigenvalue weighted by Gasteiger charge is -2.37. The molecule has 4 rings (SSSR count). The highest BCUT2D eigenvalue weighted by Crippen LogP contribution is 2.29. The van der Waals surface area contributed by atoms with Gasteiger partial charge in [0.25, 0.3) is 0 Å². The van der Waals surface area contributed by atoms with Gasteiger partial charge in [-0.2, -0.15) is 0 Å². The van der Waals surface area contributed by atoms with E-state index in [0.717, 1.165) is 0 Å². The van der Waals surface area contributed by atoms with Crippen LogP contribution < -0.4 is 14.5 Å². The van der Waals surface area contributed by atoms with Crippen molar-refractivity contribution in [2.24, 2.45) is 0 Å². The van der Waals surface area contributed by atoms with E-state index in [4.69, 9.17) is 14.2 Å². The van der Waals surface area contributed by atoms with Crippen LogP contribution in [-0.4, -0.2) is 73.1 Å². The molecular formula is C24H29FN4O5. The van der Waals surface area contributed by atoms with Crippen molar-refractivity contribution in [2.45, 2.75) is 32.5 Å². The number of halogens is 1. The highest BCUT2D eigenvalue weighted by molar-refractivity contribution is 5.90. The van der Waals surface area contributed by atoms with E-state index in [2.05, 4.69) is 4.98 Å². The van der Waals surface area contributed by atoms with Gasteiger partial charge in [-0.05, 0) is 51.1 Å². The van der Waals surface area contributed by atoms with Gasteiger partial charge in [0.15, 0.2) is 6.10 Å². The summed E-state index contributed by atoms with van der Waals surface area (Å²) in [4.78, 5) is 33.4. The zero-order valence-corrected chi connectivity index (χ0v) is 19.6. The van der Waals surface area contributed by atoms with Crippen molar-refractivity contribution in [3.63, 3.8) is 0 Å². The Labute approximate surface area is 198 Å². The quantitative estimate of drug-likeness (QED) is 0.656. The van der Waals surface area contributed by atoms with Crippen molar-refractivity contribution in [2.75, 3.05) is 49.1 Å². The van der Waals surface area contributed by atoms with Crippen molar-refractivity contribution in [3.8, 4) is 5.75 Å². The molecule has 1 unspecified atom stereocenters. The van der Waals surface area contributed by atoms with Gasteiger partial charge in [0.05, 0.1) is 17.9 Å². The van der Waals surface area contributed by atoms with Crippen LogP contribution in [0.4, 0.5) is 25.4 Å². The molecule has 3 heterocycles. The number of amides is 2. The Morgan fingerprint density at radius 2 is 1.85 bits per heavy atom. The number of ether oxygens (including phenoxy) is 3. The molecule has 0 bridgehead atoms. The molecular weight excluding hydrogens is 443 g/mol. The Kier molecular flexibility index (Phi) is 6.76. The van der Waals surface area contributed by atoms with Gasteiger partial charge in [0.2, 0.25) is 0 Å². The van der Waals surface area contributed by atoms with Crippen LogP contribution in [0.1, 0.15) is 20.8 Å². The molecule has 0 radical (unpaired) electrons. The Balaban J connectivity index is 1.33. The first-order chi connectivity index (χ1) is 16.2. The molecule has 9 nitrogen and oxygen atoms in total. The van der Waals surface area contributed by atoms with Crippen molar-refractivity contribution in [1.82, 2.24) is 9.88 Å². The highest BCUT2D eigenvalue weighted by Gasteiger charge is 2.34. The molecule has 2 aromatic rings. The van der Waals surface area contributed by atoms with Crippen LogP contribution in [0.5, 0.6) is 5.75 Å². The van der Waals surface area contributed by atoms with Crippen LogP contribution >= 0.6 is 0 Å². The SMILES string of the molecule is CC(C)(C)OC(=O)N1CCN(c2ccc(N3CC(COc4ccncc4)OC3=O)cc2F)CC1. The van der Waals surface area contributed by atoms with E-state index in [0.29, 0.717) is 43.3 Å².